The molecule has 1 rings (SSSR count). The van der Waals surface area contributed by atoms with Gasteiger partial charge in [-0.15, -0.1) is 0 Å². The second-order valence-electron chi connectivity index (χ2n) is 6.04. The molecular weight excluding hydrogens is 226 g/mol. The van der Waals surface area contributed by atoms with Crippen LogP contribution in [0.1, 0.15) is 41.0 Å². The predicted molar refractivity (Wildman–Crippen MR) is 75.6 cm³/mol. The van der Waals surface area contributed by atoms with Crippen molar-refractivity contribution in [2.24, 2.45) is 5.92 Å². The summed E-state index contributed by atoms with van der Waals surface area (Å²) >= 11 is 0. The van der Waals surface area contributed by atoms with Crippen LogP contribution in [-0.2, 0) is 4.79 Å². The molecule has 1 heterocycles. The summed E-state index contributed by atoms with van der Waals surface area (Å²) in [4.78, 5) is 14.3. The third-order valence-electron chi connectivity index (χ3n) is 3.58. The molecule has 4 heteroatoms. The standard InChI is InChI=1S/C14H29N3O/c1-10(2)16-14(18)12(5)15-8-13-6-7-17(9-13)11(3)4/h10-13,15H,6-9H2,1-5H3,(H,16,18). The smallest absolute Gasteiger partial charge is 0.237 e. The first-order chi connectivity index (χ1) is 8.40. The van der Waals surface area contributed by atoms with Gasteiger partial charge in [0, 0.05) is 18.6 Å². The maximum atomic E-state index is 11.7. The Balaban J connectivity index is 2.23. The Hall–Kier alpha value is -0.610. The van der Waals surface area contributed by atoms with E-state index in [9.17, 15) is 4.79 Å². The summed E-state index contributed by atoms with van der Waals surface area (Å²) in [6.45, 7) is 13.7. The Morgan fingerprint density at radius 3 is 2.44 bits per heavy atom. The monoisotopic (exact) mass is 255 g/mol. The minimum Gasteiger partial charge on any atom is -0.353 e. The van der Waals surface area contributed by atoms with Gasteiger partial charge in [0.2, 0.25) is 5.91 Å². The van der Waals surface area contributed by atoms with Crippen LogP contribution in [0.25, 0.3) is 0 Å². The van der Waals surface area contributed by atoms with Crippen molar-refractivity contribution < 1.29 is 4.79 Å². The molecule has 2 unspecified atom stereocenters. The lowest BCUT2D eigenvalue weighted by Gasteiger charge is -2.21. The van der Waals surface area contributed by atoms with Gasteiger partial charge in [0.05, 0.1) is 6.04 Å². The number of nitrogens with zero attached hydrogens (tertiary/aromatic N) is 1. The van der Waals surface area contributed by atoms with Crippen LogP contribution in [-0.4, -0.2) is 48.6 Å². The lowest BCUT2D eigenvalue weighted by Crippen LogP contribution is -2.46. The Bertz CT molecular complexity index is 266. The highest BCUT2D eigenvalue weighted by molar-refractivity contribution is 5.81. The van der Waals surface area contributed by atoms with Crippen molar-refractivity contribution in [2.45, 2.75) is 59.2 Å². The number of nitrogens with one attached hydrogen (secondary N) is 2. The van der Waals surface area contributed by atoms with Crippen molar-refractivity contribution in [3.63, 3.8) is 0 Å². The molecule has 0 aromatic heterocycles. The van der Waals surface area contributed by atoms with Gasteiger partial charge in [0.15, 0.2) is 0 Å². The highest BCUT2D eigenvalue weighted by Crippen LogP contribution is 2.17. The summed E-state index contributed by atoms with van der Waals surface area (Å²) in [5.74, 6) is 0.783. The van der Waals surface area contributed by atoms with Crippen LogP contribution in [0.3, 0.4) is 0 Å². The van der Waals surface area contributed by atoms with Crippen LogP contribution in [0.5, 0.6) is 0 Å². The van der Waals surface area contributed by atoms with E-state index in [2.05, 4.69) is 29.4 Å². The number of hydrogen-bond acceptors (Lipinski definition) is 3. The summed E-state index contributed by atoms with van der Waals surface area (Å²) in [5, 5.41) is 6.28. The average Bonchev–Trinajstić information content (AvgIpc) is 2.73. The second-order valence-corrected chi connectivity index (χ2v) is 6.04. The number of carbonyl (C=O) groups excluding carboxylic acids is 1. The molecule has 0 bridgehead atoms. The van der Waals surface area contributed by atoms with Crippen LogP contribution in [0.15, 0.2) is 0 Å². The fraction of sp³-hybridized carbons (Fsp3) is 0.929. The van der Waals surface area contributed by atoms with E-state index in [0.29, 0.717) is 12.0 Å². The highest BCUT2D eigenvalue weighted by atomic mass is 16.2. The molecule has 18 heavy (non-hydrogen) atoms. The Morgan fingerprint density at radius 1 is 1.28 bits per heavy atom. The van der Waals surface area contributed by atoms with Crippen LogP contribution < -0.4 is 10.6 Å². The molecule has 1 amide bonds. The average molecular weight is 255 g/mol. The molecule has 1 aliphatic rings. The van der Waals surface area contributed by atoms with Gasteiger partial charge in [-0.1, -0.05) is 0 Å². The van der Waals surface area contributed by atoms with Gasteiger partial charge in [0.1, 0.15) is 0 Å². The van der Waals surface area contributed by atoms with Crippen molar-refractivity contribution in [2.75, 3.05) is 19.6 Å². The molecule has 0 aliphatic carbocycles. The minimum atomic E-state index is -0.0968. The number of rotatable bonds is 6. The van der Waals surface area contributed by atoms with Crippen molar-refractivity contribution >= 4 is 5.91 Å². The summed E-state index contributed by atoms with van der Waals surface area (Å²) in [5.41, 5.74) is 0. The zero-order valence-electron chi connectivity index (χ0n) is 12.5. The fourth-order valence-electron chi connectivity index (χ4n) is 2.34. The first-order valence-corrected chi connectivity index (χ1v) is 7.18. The molecule has 0 saturated carbocycles. The predicted octanol–water partition coefficient (Wildman–Crippen LogP) is 1.22. The molecule has 1 saturated heterocycles. The van der Waals surface area contributed by atoms with E-state index in [4.69, 9.17) is 0 Å². The van der Waals surface area contributed by atoms with Crippen LogP contribution in [0.4, 0.5) is 0 Å². The quantitative estimate of drug-likeness (QED) is 0.750. The number of amides is 1. The van der Waals surface area contributed by atoms with E-state index in [-0.39, 0.29) is 18.0 Å². The van der Waals surface area contributed by atoms with Gasteiger partial charge in [-0.3, -0.25) is 4.79 Å². The van der Waals surface area contributed by atoms with Gasteiger partial charge in [-0.25, -0.2) is 0 Å². The Labute approximate surface area is 111 Å². The van der Waals surface area contributed by atoms with Crippen LogP contribution >= 0.6 is 0 Å². The van der Waals surface area contributed by atoms with E-state index < -0.39 is 0 Å². The van der Waals surface area contributed by atoms with Gasteiger partial charge < -0.3 is 15.5 Å². The topological polar surface area (TPSA) is 44.4 Å². The van der Waals surface area contributed by atoms with Crippen LogP contribution in [0, 0.1) is 5.92 Å². The third-order valence-corrected chi connectivity index (χ3v) is 3.58. The van der Waals surface area contributed by atoms with Gasteiger partial charge in [0.25, 0.3) is 0 Å². The Kier molecular flexibility index (Phi) is 6.09. The minimum absolute atomic E-state index is 0.0968. The normalized spacial score (nSPS) is 22.7. The maximum Gasteiger partial charge on any atom is 0.237 e. The summed E-state index contributed by atoms with van der Waals surface area (Å²) in [6.07, 6.45) is 1.24. The Morgan fingerprint density at radius 2 is 1.94 bits per heavy atom. The summed E-state index contributed by atoms with van der Waals surface area (Å²) in [7, 11) is 0. The van der Waals surface area contributed by atoms with Crippen LogP contribution in [0.2, 0.25) is 0 Å². The lowest BCUT2D eigenvalue weighted by molar-refractivity contribution is -0.123. The molecule has 4 nitrogen and oxygen atoms in total. The van der Waals surface area contributed by atoms with Crippen molar-refractivity contribution in [1.82, 2.24) is 15.5 Å². The molecule has 1 aliphatic heterocycles. The third kappa shape index (κ3) is 4.94. The summed E-state index contributed by atoms with van der Waals surface area (Å²) in [6, 6.07) is 0.752. The number of likely N-dealkylation sites (tertiary alicyclic amines) is 1. The molecule has 0 spiro atoms. The van der Waals surface area contributed by atoms with E-state index >= 15 is 0 Å². The van der Waals surface area contributed by atoms with E-state index in [1.54, 1.807) is 0 Å². The zero-order valence-corrected chi connectivity index (χ0v) is 12.5. The molecule has 2 N–H and O–H groups in total. The van der Waals surface area contributed by atoms with E-state index in [1.165, 1.54) is 13.0 Å². The fourth-order valence-corrected chi connectivity index (χ4v) is 2.34. The number of hydrogen-bond donors (Lipinski definition) is 2. The van der Waals surface area contributed by atoms with E-state index in [0.717, 1.165) is 13.1 Å². The molecule has 0 radical (unpaired) electrons. The van der Waals surface area contributed by atoms with Gasteiger partial charge in [-0.2, -0.15) is 0 Å². The van der Waals surface area contributed by atoms with Crippen molar-refractivity contribution in [3.05, 3.63) is 0 Å². The lowest BCUT2D eigenvalue weighted by atomic mass is 10.1. The maximum absolute atomic E-state index is 11.7. The summed E-state index contributed by atoms with van der Waals surface area (Å²) < 4.78 is 0. The van der Waals surface area contributed by atoms with Crippen molar-refractivity contribution in [1.29, 1.82) is 0 Å². The first kappa shape index (κ1) is 15.4. The number of carbonyl (C=O) groups is 1. The largest absolute Gasteiger partial charge is 0.353 e. The second kappa shape index (κ2) is 7.10. The zero-order chi connectivity index (χ0) is 13.7. The molecule has 106 valence electrons. The molecule has 0 aromatic carbocycles. The van der Waals surface area contributed by atoms with Gasteiger partial charge in [-0.05, 0) is 60.0 Å². The highest BCUT2D eigenvalue weighted by Gasteiger charge is 2.24. The molecule has 2 atom stereocenters. The molecule has 1 fully saturated rings. The SMILES string of the molecule is CC(C)NC(=O)C(C)NCC1CCN(C(C)C)C1. The molecular formula is C14H29N3O. The first-order valence-electron chi connectivity index (χ1n) is 7.18. The molecule has 0 aromatic rings. The van der Waals surface area contributed by atoms with Gasteiger partial charge >= 0.3 is 0 Å². The van der Waals surface area contributed by atoms with Crippen molar-refractivity contribution in [3.8, 4) is 0 Å². The van der Waals surface area contributed by atoms with E-state index in [1.807, 2.05) is 20.8 Å².